The third-order valence-electron chi connectivity index (χ3n) is 21.8. The maximum Gasteiger partial charge on any atom is 0.119 e. The summed E-state index contributed by atoms with van der Waals surface area (Å²) in [5.74, 6) is 0.878. The van der Waals surface area contributed by atoms with Gasteiger partial charge in [-0.15, -0.1) is 0 Å². The average molecular weight is 1260 g/mol. The summed E-state index contributed by atoms with van der Waals surface area (Å²) in [6.45, 7) is 17.9. The molecular weight excluding hydrogens is 1170 g/mol. The summed E-state index contributed by atoms with van der Waals surface area (Å²) < 4.78 is 24.6. The SMILES string of the molecule is CCC1(COc2ccc(C3(c4cc(C)ccc4C)c4ccccc4-c4ccc(N(c5ccccc5)c5ccc(-c6ccc(N(c7ccccc7)c7ccc8c(c7)C(C7=CCC(OCC9(CC)COC9)C=C7)(c7cc(C)ccc7C)c7ccccc7-8)cc6)cc5)cc43)cc2)COC1. The highest BCUT2D eigenvalue weighted by molar-refractivity contribution is 5.92. The second-order valence-electron chi connectivity index (χ2n) is 27.7. The van der Waals surface area contributed by atoms with Crippen LogP contribution in [-0.4, -0.2) is 45.7 Å². The van der Waals surface area contributed by atoms with Gasteiger partial charge in [0.15, 0.2) is 0 Å². The molecule has 11 aromatic rings. The van der Waals surface area contributed by atoms with Crippen LogP contribution in [-0.2, 0) is 25.0 Å². The van der Waals surface area contributed by atoms with Gasteiger partial charge in [-0.3, -0.25) is 0 Å². The van der Waals surface area contributed by atoms with Gasteiger partial charge in [-0.25, -0.2) is 0 Å². The zero-order valence-electron chi connectivity index (χ0n) is 55.9. The van der Waals surface area contributed by atoms with E-state index in [1.54, 1.807) is 0 Å². The number of ether oxygens (including phenoxy) is 4. The minimum atomic E-state index is -0.621. The predicted octanol–water partition coefficient (Wildman–Crippen LogP) is 21.7. The maximum atomic E-state index is 6.69. The van der Waals surface area contributed by atoms with Crippen LogP contribution in [0.4, 0.5) is 34.1 Å². The number of hydrogen-bond acceptors (Lipinski definition) is 6. The zero-order chi connectivity index (χ0) is 65.2. The van der Waals surface area contributed by atoms with Crippen molar-refractivity contribution in [2.45, 2.75) is 77.7 Å². The van der Waals surface area contributed by atoms with Gasteiger partial charge in [0.25, 0.3) is 0 Å². The van der Waals surface area contributed by atoms with Gasteiger partial charge in [-0.1, -0.05) is 213 Å². The van der Waals surface area contributed by atoms with E-state index in [2.05, 4.69) is 324 Å². The topological polar surface area (TPSA) is 43.4 Å². The van der Waals surface area contributed by atoms with Crippen LogP contribution in [0.5, 0.6) is 5.75 Å². The van der Waals surface area contributed by atoms with Crippen LogP contribution in [0, 0.1) is 38.5 Å². The Morgan fingerprint density at radius 3 is 1.31 bits per heavy atom. The lowest BCUT2D eigenvalue weighted by atomic mass is 9.64. The molecule has 3 atom stereocenters. The number of anilines is 6. The van der Waals surface area contributed by atoms with Crippen LogP contribution >= 0.6 is 0 Å². The zero-order valence-corrected chi connectivity index (χ0v) is 55.9. The van der Waals surface area contributed by atoms with Crippen molar-refractivity contribution in [3.05, 3.63) is 340 Å². The van der Waals surface area contributed by atoms with Gasteiger partial charge in [0.05, 0.1) is 62.0 Å². The molecule has 0 amide bonds. The molecule has 2 heterocycles. The smallest absolute Gasteiger partial charge is 0.119 e. The Labute approximate surface area is 566 Å². The van der Waals surface area contributed by atoms with Crippen molar-refractivity contribution in [1.82, 2.24) is 0 Å². The fraction of sp³-hybridized carbons (Fsp3) is 0.222. The van der Waals surface area contributed by atoms with E-state index >= 15 is 0 Å². The number of para-hydroxylation sites is 2. The van der Waals surface area contributed by atoms with Crippen LogP contribution in [0.3, 0.4) is 0 Å². The summed E-state index contributed by atoms with van der Waals surface area (Å²) in [4.78, 5) is 4.84. The highest BCUT2D eigenvalue weighted by Crippen LogP contribution is 2.61. The molecule has 2 fully saturated rings. The number of benzene rings is 11. The van der Waals surface area contributed by atoms with E-state index in [1.807, 2.05) is 0 Å². The van der Waals surface area contributed by atoms with Crippen molar-refractivity contribution in [1.29, 1.82) is 0 Å². The van der Waals surface area contributed by atoms with E-state index in [-0.39, 0.29) is 16.9 Å². The lowest BCUT2D eigenvalue weighted by molar-refractivity contribution is -0.156. The average Bonchev–Trinajstić information content (AvgIpc) is 1.53. The lowest BCUT2D eigenvalue weighted by Gasteiger charge is -2.41. The molecule has 0 aromatic heterocycles. The van der Waals surface area contributed by atoms with Crippen LogP contribution < -0.4 is 14.5 Å². The molecule has 0 spiro atoms. The monoisotopic (exact) mass is 1250 g/mol. The molecule has 3 aliphatic carbocycles. The van der Waals surface area contributed by atoms with Gasteiger partial charge in [0.2, 0.25) is 0 Å². The molecule has 2 aliphatic heterocycles. The number of rotatable bonds is 19. The van der Waals surface area contributed by atoms with Crippen molar-refractivity contribution in [3.63, 3.8) is 0 Å². The minimum Gasteiger partial charge on any atom is -0.493 e. The summed E-state index contributed by atoms with van der Waals surface area (Å²) in [5, 5.41) is 0. The molecule has 16 rings (SSSR count). The molecule has 3 unspecified atom stereocenters. The first kappa shape index (κ1) is 61.1. The van der Waals surface area contributed by atoms with Gasteiger partial charge in [0.1, 0.15) is 5.75 Å². The molecule has 0 saturated carbocycles. The van der Waals surface area contributed by atoms with Crippen LogP contribution in [0.25, 0.3) is 33.4 Å². The Hall–Kier alpha value is -9.82. The van der Waals surface area contributed by atoms with E-state index in [0.29, 0.717) is 13.2 Å². The summed E-state index contributed by atoms with van der Waals surface area (Å²) in [6, 6.07) is 95.3. The van der Waals surface area contributed by atoms with Crippen molar-refractivity contribution in [2.24, 2.45) is 10.8 Å². The molecule has 2 saturated heterocycles. The Kier molecular flexibility index (Phi) is 15.7. The molecule has 0 N–H and O–H groups in total. The molecule has 0 bridgehead atoms. The van der Waals surface area contributed by atoms with Gasteiger partial charge in [-0.2, -0.15) is 0 Å². The van der Waals surface area contributed by atoms with Gasteiger partial charge in [0, 0.05) is 39.5 Å². The van der Waals surface area contributed by atoms with Gasteiger partial charge in [-0.05, 0) is 221 Å². The number of nitrogens with zero attached hydrogens (tertiary/aromatic N) is 2. The Morgan fingerprint density at radius 1 is 0.396 bits per heavy atom. The first-order valence-corrected chi connectivity index (χ1v) is 34.5. The van der Waals surface area contributed by atoms with E-state index in [9.17, 15) is 0 Å². The number of allylic oxidation sites excluding steroid dienone is 2. The van der Waals surface area contributed by atoms with E-state index < -0.39 is 10.8 Å². The largest absolute Gasteiger partial charge is 0.493 e. The summed E-state index contributed by atoms with van der Waals surface area (Å²) in [5.41, 5.74) is 28.0. The number of aryl methyl sites for hydroxylation is 4. The fourth-order valence-electron chi connectivity index (χ4n) is 16.1. The molecule has 11 aromatic carbocycles. The van der Waals surface area contributed by atoms with Crippen molar-refractivity contribution in [2.75, 3.05) is 49.4 Å². The van der Waals surface area contributed by atoms with Crippen LogP contribution in [0.1, 0.15) is 94.3 Å². The summed E-state index contributed by atoms with van der Waals surface area (Å²) in [6.07, 6.45) is 10.1. The minimum absolute atomic E-state index is 0.00326. The third-order valence-corrected chi connectivity index (χ3v) is 21.8. The highest BCUT2D eigenvalue weighted by atomic mass is 16.5. The van der Waals surface area contributed by atoms with E-state index in [0.717, 1.165) is 96.7 Å². The van der Waals surface area contributed by atoms with E-state index in [1.165, 1.54) is 89.0 Å². The quantitative estimate of drug-likeness (QED) is 0.0804. The molecule has 96 heavy (non-hydrogen) atoms. The Bertz CT molecular complexity index is 4760. The van der Waals surface area contributed by atoms with Gasteiger partial charge < -0.3 is 28.7 Å². The highest BCUT2D eigenvalue weighted by Gasteiger charge is 2.50. The molecule has 6 heteroatoms. The first-order valence-electron chi connectivity index (χ1n) is 34.5. The van der Waals surface area contributed by atoms with Crippen molar-refractivity contribution < 1.29 is 18.9 Å². The number of fused-ring (bicyclic) bond motifs is 6. The molecule has 5 aliphatic rings. The Morgan fingerprint density at radius 2 is 0.833 bits per heavy atom. The second kappa shape index (κ2) is 24.7. The van der Waals surface area contributed by atoms with Crippen LogP contribution in [0.15, 0.2) is 279 Å². The number of hydrogen-bond donors (Lipinski definition) is 0. The van der Waals surface area contributed by atoms with E-state index in [4.69, 9.17) is 18.9 Å². The lowest BCUT2D eigenvalue weighted by Crippen LogP contribution is -2.46. The Balaban J connectivity index is 0.754. The molecule has 476 valence electrons. The van der Waals surface area contributed by atoms with Crippen molar-refractivity contribution >= 4 is 34.1 Å². The summed E-state index contributed by atoms with van der Waals surface area (Å²) in [7, 11) is 0. The molecule has 0 radical (unpaired) electrons. The second-order valence-corrected chi connectivity index (χ2v) is 27.7. The molecule has 6 nitrogen and oxygen atoms in total. The first-order chi connectivity index (χ1) is 47.0. The predicted molar refractivity (Wildman–Crippen MR) is 393 cm³/mol. The standard InChI is InChI=1S/C90H82N2O4/c1-7-87(55-93-56-87)59-95-75-45-35-67(36-46-75)89(83-51-61(3)27-29-63(83)5)81-25-17-15-23-77(81)79-49-43-73(53-85(79)89)91(69-19-11-9-12-20-69)71-39-31-65(32-40-71)66-33-41-72(42-34-66)92(70-21-13-10-14-22-70)74-44-50-80-78-24-16-18-26-82(78)90(86(80)54-74,84-52-62(4)28-30-64(84)6)68-37-47-76(48-38-68)96-60-88(8-2)57-94-58-88/h9-47,49-54,76H,7-8,48,55-60H2,1-6H3. The maximum absolute atomic E-state index is 6.69. The summed E-state index contributed by atoms with van der Waals surface area (Å²) >= 11 is 0. The molecular formula is C90H82N2O4. The van der Waals surface area contributed by atoms with Crippen molar-refractivity contribution in [3.8, 4) is 39.1 Å². The van der Waals surface area contributed by atoms with Crippen LogP contribution in [0.2, 0.25) is 0 Å². The third kappa shape index (κ3) is 10.3. The normalized spacial score (nSPS) is 19.0. The fourth-order valence-corrected chi connectivity index (χ4v) is 16.1. The van der Waals surface area contributed by atoms with Gasteiger partial charge >= 0.3 is 0 Å².